The molecule has 6 nitrogen and oxygen atoms in total. The fraction of sp³-hybridized carbons (Fsp3) is 0.471. The lowest BCUT2D eigenvalue weighted by atomic mass is 10.1. The Bertz CT molecular complexity index is 789. The molecule has 1 aromatic carbocycles. The van der Waals surface area contributed by atoms with Crippen molar-refractivity contribution in [3.63, 3.8) is 0 Å². The smallest absolute Gasteiger partial charge is 0.275 e. The zero-order valence-electron chi connectivity index (χ0n) is 13.7. The predicted octanol–water partition coefficient (Wildman–Crippen LogP) is 1.67. The van der Waals surface area contributed by atoms with Gasteiger partial charge in [0.05, 0.1) is 17.6 Å². The molecule has 122 valence electrons. The van der Waals surface area contributed by atoms with Crippen LogP contribution in [0.2, 0.25) is 0 Å². The molecule has 2 atom stereocenters. The number of aromatic nitrogens is 2. The average Bonchev–Trinajstić information content (AvgIpc) is 2.54. The van der Waals surface area contributed by atoms with Crippen LogP contribution in [0.5, 0.6) is 0 Å². The molecule has 0 aliphatic carbocycles. The van der Waals surface area contributed by atoms with Crippen LogP contribution in [0.1, 0.15) is 31.3 Å². The Morgan fingerprint density at radius 1 is 1.22 bits per heavy atom. The zero-order chi connectivity index (χ0) is 16.6. The molecule has 0 unspecified atom stereocenters. The molecule has 1 fully saturated rings. The highest BCUT2D eigenvalue weighted by Crippen LogP contribution is 2.18. The number of aryl methyl sites for hydroxylation is 1. The quantitative estimate of drug-likeness (QED) is 0.845. The normalized spacial score (nSPS) is 21.6. The van der Waals surface area contributed by atoms with E-state index in [1.807, 2.05) is 26.8 Å². The third-order valence-electron chi connectivity index (χ3n) is 4.08. The van der Waals surface area contributed by atoms with Gasteiger partial charge in [0.15, 0.2) is 5.69 Å². The highest BCUT2D eigenvalue weighted by molar-refractivity contribution is 6.04. The average molecular weight is 315 g/mol. The van der Waals surface area contributed by atoms with E-state index in [4.69, 9.17) is 4.74 Å². The molecule has 23 heavy (non-hydrogen) atoms. The molecule has 1 amide bonds. The summed E-state index contributed by atoms with van der Waals surface area (Å²) in [5, 5.41) is 5.46. The first-order valence-electron chi connectivity index (χ1n) is 7.95. The van der Waals surface area contributed by atoms with Crippen molar-refractivity contribution in [2.24, 2.45) is 0 Å². The molecule has 2 aromatic rings. The molecule has 0 saturated carbocycles. The fourth-order valence-electron chi connectivity index (χ4n) is 3.10. The van der Waals surface area contributed by atoms with Crippen LogP contribution in [0.25, 0.3) is 10.8 Å². The van der Waals surface area contributed by atoms with Crippen molar-refractivity contribution in [1.82, 2.24) is 14.7 Å². The molecular formula is C17H21N3O3. The van der Waals surface area contributed by atoms with E-state index in [1.165, 1.54) is 4.68 Å². The summed E-state index contributed by atoms with van der Waals surface area (Å²) in [5.74, 6) is -0.148. The number of hydrogen-bond acceptors (Lipinski definition) is 4. The molecule has 0 spiro atoms. The molecule has 1 aliphatic rings. The minimum absolute atomic E-state index is 0.00829. The number of carbonyl (C=O) groups excluding carboxylic acids is 1. The first-order valence-corrected chi connectivity index (χ1v) is 7.95. The molecular weight excluding hydrogens is 294 g/mol. The van der Waals surface area contributed by atoms with E-state index in [0.29, 0.717) is 36.1 Å². The summed E-state index contributed by atoms with van der Waals surface area (Å²) < 4.78 is 7.03. The van der Waals surface area contributed by atoms with Gasteiger partial charge < -0.3 is 9.64 Å². The number of nitrogens with zero attached hydrogens (tertiary/aromatic N) is 3. The van der Waals surface area contributed by atoms with Crippen molar-refractivity contribution < 1.29 is 9.53 Å². The number of amides is 1. The lowest BCUT2D eigenvalue weighted by Crippen LogP contribution is -2.48. The Morgan fingerprint density at radius 2 is 1.83 bits per heavy atom. The lowest BCUT2D eigenvalue weighted by molar-refractivity contribution is -0.0587. The van der Waals surface area contributed by atoms with Gasteiger partial charge in [0.2, 0.25) is 0 Å². The predicted molar refractivity (Wildman–Crippen MR) is 87.6 cm³/mol. The van der Waals surface area contributed by atoms with Crippen LogP contribution >= 0.6 is 0 Å². The molecule has 3 rings (SSSR count). The van der Waals surface area contributed by atoms with Crippen molar-refractivity contribution in [2.75, 3.05) is 13.1 Å². The largest absolute Gasteiger partial charge is 0.372 e. The molecule has 1 saturated heterocycles. The summed E-state index contributed by atoms with van der Waals surface area (Å²) in [6.45, 7) is 7.24. The highest BCUT2D eigenvalue weighted by Gasteiger charge is 2.29. The number of rotatable bonds is 2. The summed E-state index contributed by atoms with van der Waals surface area (Å²) in [5.41, 5.74) is 0.173. The van der Waals surface area contributed by atoms with E-state index < -0.39 is 0 Å². The van der Waals surface area contributed by atoms with Gasteiger partial charge in [-0.3, -0.25) is 9.59 Å². The van der Waals surface area contributed by atoms with Crippen LogP contribution in [0.4, 0.5) is 0 Å². The van der Waals surface area contributed by atoms with Gasteiger partial charge in [0.1, 0.15) is 0 Å². The van der Waals surface area contributed by atoms with Gasteiger partial charge in [-0.05, 0) is 26.8 Å². The standard InChI is InChI=1S/C17H21N3O3/c1-4-20-16(21)14-8-6-5-7-13(14)15(18-20)17(22)19-9-11(2)23-12(3)10-19/h5-8,11-12H,4,9-10H2,1-3H3/t11-,12-/m1/s1. The SMILES string of the molecule is CCn1nc(C(=O)N2C[C@@H](C)O[C@H](C)C2)c2ccccc2c1=O. The van der Waals surface area contributed by atoms with Crippen LogP contribution in [0.3, 0.4) is 0 Å². The minimum Gasteiger partial charge on any atom is -0.372 e. The second-order valence-electron chi connectivity index (χ2n) is 5.98. The highest BCUT2D eigenvalue weighted by atomic mass is 16.5. The van der Waals surface area contributed by atoms with Crippen molar-refractivity contribution in [3.8, 4) is 0 Å². The van der Waals surface area contributed by atoms with E-state index in [2.05, 4.69) is 5.10 Å². The second kappa shape index (κ2) is 6.12. The molecule has 0 N–H and O–H groups in total. The Balaban J connectivity index is 2.10. The topological polar surface area (TPSA) is 64.4 Å². The van der Waals surface area contributed by atoms with E-state index >= 15 is 0 Å². The number of benzene rings is 1. The summed E-state index contributed by atoms with van der Waals surface area (Å²) in [6, 6.07) is 7.15. The lowest BCUT2D eigenvalue weighted by Gasteiger charge is -2.35. The van der Waals surface area contributed by atoms with Gasteiger partial charge in [-0.1, -0.05) is 18.2 Å². The number of carbonyl (C=O) groups is 1. The second-order valence-corrected chi connectivity index (χ2v) is 5.98. The maximum Gasteiger partial charge on any atom is 0.275 e. The summed E-state index contributed by atoms with van der Waals surface area (Å²) in [6.07, 6.45) is -0.0166. The number of fused-ring (bicyclic) bond motifs is 1. The number of morpholine rings is 1. The van der Waals surface area contributed by atoms with E-state index in [9.17, 15) is 9.59 Å². The number of ether oxygens (including phenoxy) is 1. The number of hydrogen-bond donors (Lipinski definition) is 0. The summed E-state index contributed by atoms with van der Waals surface area (Å²) in [4.78, 5) is 27.1. The molecule has 6 heteroatoms. The molecule has 1 aromatic heterocycles. The van der Waals surface area contributed by atoms with E-state index in [1.54, 1.807) is 23.1 Å². The summed E-state index contributed by atoms with van der Waals surface area (Å²) in [7, 11) is 0. The van der Waals surface area contributed by atoms with E-state index in [-0.39, 0.29) is 23.7 Å². The maximum absolute atomic E-state index is 13.0. The fourth-order valence-corrected chi connectivity index (χ4v) is 3.10. The third-order valence-corrected chi connectivity index (χ3v) is 4.08. The van der Waals surface area contributed by atoms with Gasteiger partial charge in [0, 0.05) is 25.0 Å². The first-order chi connectivity index (χ1) is 11.0. The van der Waals surface area contributed by atoms with Crippen molar-refractivity contribution in [1.29, 1.82) is 0 Å². The monoisotopic (exact) mass is 315 g/mol. The maximum atomic E-state index is 13.0. The van der Waals surface area contributed by atoms with Crippen molar-refractivity contribution in [2.45, 2.75) is 39.5 Å². The Kier molecular flexibility index (Phi) is 4.17. The van der Waals surface area contributed by atoms with Gasteiger partial charge in [-0.25, -0.2) is 4.68 Å². The molecule has 1 aliphatic heterocycles. The summed E-state index contributed by atoms with van der Waals surface area (Å²) >= 11 is 0. The van der Waals surface area contributed by atoms with Gasteiger partial charge in [-0.15, -0.1) is 0 Å². The molecule has 2 heterocycles. The van der Waals surface area contributed by atoms with Gasteiger partial charge in [-0.2, -0.15) is 5.10 Å². The first kappa shape index (κ1) is 15.7. The Labute approximate surface area is 134 Å². The van der Waals surface area contributed by atoms with Crippen molar-refractivity contribution >= 4 is 16.7 Å². The van der Waals surface area contributed by atoms with Crippen LogP contribution in [0, 0.1) is 0 Å². The van der Waals surface area contributed by atoms with Crippen LogP contribution in [0.15, 0.2) is 29.1 Å². The Hall–Kier alpha value is -2.21. The van der Waals surface area contributed by atoms with Crippen molar-refractivity contribution in [3.05, 3.63) is 40.3 Å². The van der Waals surface area contributed by atoms with E-state index in [0.717, 1.165) is 0 Å². The molecule has 0 bridgehead atoms. The van der Waals surface area contributed by atoms with Crippen LogP contribution in [-0.2, 0) is 11.3 Å². The van der Waals surface area contributed by atoms with Gasteiger partial charge >= 0.3 is 0 Å². The minimum atomic E-state index is -0.164. The zero-order valence-corrected chi connectivity index (χ0v) is 13.7. The van der Waals surface area contributed by atoms with Crippen LogP contribution < -0.4 is 5.56 Å². The Morgan fingerprint density at radius 3 is 2.43 bits per heavy atom. The third kappa shape index (κ3) is 2.86. The van der Waals surface area contributed by atoms with Crippen LogP contribution in [-0.4, -0.2) is 45.9 Å². The molecule has 0 radical (unpaired) electrons. The van der Waals surface area contributed by atoms with Gasteiger partial charge in [0.25, 0.3) is 11.5 Å².